The fraction of sp³-hybridized carbons (Fsp3) is 0.105. The number of aromatic nitrogens is 6. The third kappa shape index (κ3) is 2.53. The summed E-state index contributed by atoms with van der Waals surface area (Å²) >= 11 is 7.41. The zero-order valence-corrected chi connectivity index (χ0v) is 16.3. The van der Waals surface area contributed by atoms with Gasteiger partial charge < -0.3 is 0 Å². The van der Waals surface area contributed by atoms with Gasteiger partial charge in [0.2, 0.25) is 0 Å². The molecule has 4 heterocycles. The zero-order chi connectivity index (χ0) is 19.3. The first-order valence-corrected chi connectivity index (χ1v) is 9.88. The fourth-order valence-corrected chi connectivity index (χ4v) is 3.98. The van der Waals surface area contributed by atoms with E-state index in [-0.39, 0.29) is 11.1 Å². The second-order valence-corrected chi connectivity index (χ2v) is 7.47. The Balaban J connectivity index is 1.81. The number of hydrogen-bond donors (Lipinski definition) is 0. The van der Waals surface area contributed by atoms with Gasteiger partial charge in [0.1, 0.15) is 5.52 Å². The van der Waals surface area contributed by atoms with E-state index in [0.29, 0.717) is 21.3 Å². The van der Waals surface area contributed by atoms with Gasteiger partial charge in [-0.2, -0.15) is 5.10 Å². The van der Waals surface area contributed by atoms with Crippen LogP contribution in [0.4, 0.5) is 0 Å². The lowest BCUT2D eigenvalue weighted by molar-refractivity contribution is 0.885. The van der Waals surface area contributed by atoms with Crippen molar-refractivity contribution in [3.8, 4) is 16.3 Å². The molecule has 0 unspecified atom stereocenters. The summed E-state index contributed by atoms with van der Waals surface area (Å²) in [5.41, 5.74) is 3.93. The van der Waals surface area contributed by atoms with Crippen LogP contribution in [0.1, 0.15) is 12.6 Å². The molecule has 0 spiro atoms. The number of rotatable bonds is 3. The monoisotopic (exact) mass is 408 g/mol. The van der Waals surface area contributed by atoms with E-state index in [4.69, 9.17) is 16.7 Å². The van der Waals surface area contributed by atoms with Crippen LogP contribution in [0.15, 0.2) is 52.9 Å². The van der Waals surface area contributed by atoms with Crippen LogP contribution in [0.5, 0.6) is 0 Å². The molecule has 5 rings (SSSR count). The highest BCUT2D eigenvalue weighted by atomic mass is 35.5. The van der Waals surface area contributed by atoms with Crippen molar-refractivity contribution in [3.63, 3.8) is 0 Å². The molecule has 0 N–H and O–H groups in total. The normalized spacial score (nSPS) is 11.5. The summed E-state index contributed by atoms with van der Waals surface area (Å²) < 4.78 is 3.16. The van der Waals surface area contributed by atoms with E-state index in [0.717, 1.165) is 23.2 Å². The van der Waals surface area contributed by atoms with Crippen LogP contribution in [0.2, 0.25) is 5.02 Å². The molecule has 0 atom stereocenters. The minimum Gasteiger partial charge on any atom is -0.266 e. The van der Waals surface area contributed by atoms with Crippen LogP contribution in [0, 0.1) is 0 Å². The smallest absolute Gasteiger partial charge is 0.266 e. The molecule has 0 aliphatic rings. The Bertz CT molecular complexity index is 1370. The molecule has 0 radical (unpaired) electrons. The lowest BCUT2D eigenvalue weighted by Crippen LogP contribution is -2.20. The van der Waals surface area contributed by atoms with Gasteiger partial charge in [0, 0.05) is 22.8 Å². The molecule has 0 aliphatic carbocycles. The maximum atomic E-state index is 12.9. The van der Waals surface area contributed by atoms with Gasteiger partial charge in [-0.05, 0) is 30.2 Å². The molecule has 0 saturated heterocycles. The first-order chi connectivity index (χ1) is 13.7. The van der Waals surface area contributed by atoms with E-state index in [2.05, 4.69) is 15.2 Å². The molecule has 0 saturated carbocycles. The number of aryl methyl sites for hydroxylation is 1. The van der Waals surface area contributed by atoms with E-state index < -0.39 is 0 Å². The Kier molecular flexibility index (Phi) is 3.96. The average Bonchev–Trinajstić information content (AvgIpc) is 3.36. The van der Waals surface area contributed by atoms with Crippen molar-refractivity contribution in [2.75, 3.05) is 0 Å². The predicted molar refractivity (Wildman–Crippen MR) is 109 cm³/mol. The summed E-state index contributed by atoms with van der Waals surface area (Å²) in [4.78, 5) is 17.1. The summed E-state index contributed by atoms with van der Waals surface area (Å²) in [6.45, 7) is 2.03. The van der Waals surface area contributed by atoms with Gasteiger partial charge >= 0.3 is 0 Å². The van der Waals surface area contributed by atoms with Crippen LogP contribution in [0.25, 0.3) is 32.9 Å². The first-order valence-electron chi connectivity index (χ1n) is 8.63. The van der Waals surface area contributed by atoms with Crippen molar-refractivity contribution in [1.82, 2.24) is 29.4 Å². The lowest BCUT2D eigenvalue weighted by atomic mass is 10.0. The minimum absolute atomic E-state index is 0.248. The minimum atomic E-state index is -0.275. The van der Waals surface area contributed by atoms with Crippen LogP contribution in [0.3, 0.4) is 0 Å². The van der Waals surface area contributed by atoms with Crippen molar-refractivity contribution in [1.29, 1.82) is 0 Å². The van der Waals surface area contributed by atoms with Gasteiger partial charge in [-0.3, -0.25) is 9.36 Å². The van der Waals surface area contributed by atoms with E-state index in [9.17, 15) is 4.79 Å². The predicted octanol–water partition coefficient (Wildman–Crippen LogP) is 3.77. The molecule has 1 aromatic carbocycles. The number of fused-ring (bicyclic) bond motifs is 3. The highest BCUT2D eigenvalue weighted by Gasteiger charge is 2.19. The quantitative estimate of drug-likeness (QED) is 0.454. The second-order valence-electron chi connectivity index (χ2n) is 6.16. The molecule has 138 valence electrons. The van der Waals surface area contributed by atoms with Gasteiger partial charge in [0.05, 0.1) is 11.3 Å². The molecule has 4 aromatic heterocycles. The third-order valence-electron chi connectivity index (χ3n) is 4.55. The standard InChI is InChI=1S/C19H13ClN6OS/c1-2-13-15(11-3-5-12(20)6-4-11)17-23-22-16-14(26(17)24-13)7-9-25(18(16)27)19-21-8-10-28-19/h3-10H,2H2,1H3. The number of pyridine rings is 1. The highest BCUT2D eigenvalue weighted by Crippen LogP contribution is 2.29. The van der Waals surface area contributed by atoms with Gasteiger partial charge in [-0.1, -0.05) is 30.7 Å². The first kappa shape index (κ1) is 17.0. The number of halogens is 1. The Morgan fingerprint density at radius 2 is 1.96 bits per heavy atom. The Hall–Kier alpha value is -3.10. The van der Waals surface area contributed by atoms with E-state index >= 15 is 0 Å². The number of nitrogens with zero attached hydrogens (tertiary/aromatic N) is 6. The molecule has 0 bridgehead atoms. The van der Waals surface area contributed by atoms with E-state index in [1.54, 1.807) is 16.9 Å². The van der Waals surface area contributed by atoms with Crippen LogP contribution >= 0.6 is 22.9 Å². The third-order valence-corrected chi connectivity index (χ3v) is 5.57. The largest absolute Gasteiger partial charge is 0.286 e. The molecule has 7 nitrogen and oxygen atoms in total. The average molecular weight is 409 g/mol. The van der Waals surface area contributed by atoms with Gasteiger partial charge in [-0.25, -0.2) is 9.50 Å². The molecular weight excluding hydrogens is 396 g/mol. The topological polar surface area (TPSA) is 78.0 Å². The van der Waals surface area contributed by atoms with E-state index in [1.807, 2.05) is 42.6 Å². The van der Waals surface area contributed by atoms with E-state index in [1.165, 1.54) is 15.9 Å². The van der Waals surface area contributed by atoms with Gasteiger partial charge in [-0.15, -0.1) is 21.5 Å². The fourth-order valence-electron chi connectivity index (χ4n) is 3.24. The van der Waals surface area contributed by atoms with Crippen molar-refractivity contribution < 1.29 is 0 Å². The number of benzene rings is 1. The molecule has 9 heteroatoms. The molecular formula is C19H13ClN6OS. The molecule has 5 aromatic rings. The summed E-state index contributed by atoms with van der Waals surface area (Å²) in [7, 11) is 0. The summed E-state index contributed by atoms with van der Waals surface area (Å²) in [6, 6.07) is 9.36. The Morgan fingerprint density at radius 3 is 2.68 bits per heavy atom. The van der Waals surface area contributed by atoms with Gasteiger partial charge in [0.25, 0.3) is 5.56 Å². The number of thiazole rings is 1. The van der Waals surface area contributed by atoms with Crippen LogP contribution < -0.4 is 5.56 Å². The van der Waals surface area contributed by atoms with Crippen molar-refractivity contribution in [3.05, 3.63) is 69.2 Å². The summed E-state index contributed by atoms with van der Waals surface area (Å²) in [5.74, 6) is 0. The molecule has 28 heavy (non-hydrogen) atoms. The highest BCUT2D eigenvalue weighted by molar-refractivity contribution is 7.12. The van der Waals surface area contributed by atoms with Gasteiger partial charge in [0.15, 0.2) is 16.3 Å². The molecule has 0 fully saturated rings. The van der Waals surface area contributed by atoms with Crippen molar-refractivity contribution in [2.24, 2.45) is 0 Å². The maximum absolute atomic E-state index is 12.9. The zero-order valence-electron chi connectivity index (χ0n) is 14.7. The van der Waals surface area contributed by atoms with Crippen molar-refractivity contribution >= 4 is 39.6 Å². The van der Waals surface area contributed by atoms with Crippen LogP contribution in [-0.2, 0) is 6.42 Å². The maximum Gasteiger partial charge on any atom is 0.286 e. The van der Waals surface area contributed by atoms with Crippen LogP contribution in [-0.4, -0.2) is 29.4 Å². The Labute approximate surface area is 167 Å². The lowest BCUT2D eigenvalue weighted by Gasteiger charge is -2.04. The number of hydrogen-bond acceptors (Lipinski definition) is 6. The Morgan fingerprint density at radius 1 is 1.14 bits per heavy atom. The van der Waals surface area contributed by atoms with Crippen molar-refractivity contribution in [2.45, 2.75) is 13.3 Å². The molecule has 0 aliphatic heterocycles. The summed E-state index contributed by atoms with van der Waals surface area (Å²) in [6.07, 6.45) is 4.07. The SMILES string of the molecule is CCc1nn2c(nnc3c(=O)n(-c4nccs4)ccc32)c1-c1ccc(Cl)cc1. The molecule has 0 amide bonds. The second kappa shape index (κ2) is 6.50. The summed E-state index contributed by atoms with van der Waals surface area (Å²) in [5, 5.41) is 16.4.